The number of aliphatic imine (C=N–C) groups is 1. The van der Waals surface area contributed by atoms with Crippen LogP contribution in [0.1, 0.15) is 40.7 Å². The Kier molecular flexibility index (Phi) is 5.06. The molecule has 0 spiro atoms. The highest BCUT2D eigenvalue weighted by atomic mass is 35.5. The monoisotopic (exact) mass is 324 g/mol. The minimum Gasteiger partial charge on any atom is -0.378 e. The highest BCUT2D eigenvalue weighted by Gasteiger charge is 2.29. The van der Waals surface area contributed by atoms with Gasteiger partial charge >= 0.3 is 0 Å². The summed E-state index contributed by atoms with van der Waals surface area (Å²) in [6.45, 7) is 0. The number of amidine groups is 1. The van der Waals surface area contributed by atoms with Gasteiger partial charge in [0.2, 0.25) is 0 Å². The van der Waals surface area contributed by atoms with Crippen LogP contribution < -0.4 is 5.73 Å². The summed E-state index contributed by atoms with van der Waals surface area (Å²) >= 11 is 1.18. The van der Waals surface area contributed by atoms with E-state index >= 15 is 0 Å². The smallest absolute Gasteiger partial charge is 0.262 e. The average Bonchev–Trinajstić information content (AvgIpc) is 2.76. The molecule has 3 rings (SSSR count). The van der Waals surface area contributed by atoms with Gasteiger partial charge in [0, 0.05) is 12.0 Å². The summed E-state index contributed by atoms with van der Waals surface area (Å²) in [5.41, 5.74) is 8.83. The van der Waals surface area contributed by atoms with E-state index in [-0.39, 0.29) is 35.7 Å². The fourth-order valence-electron chi connectivity index (χ4n) is 2.73. The van der Waals surface area contributed by atoms with Crippen molar-refractivity contribution in [2.75, 3.05) is 0 Å². The second kappa shape index (κ2) is 6.62. The summed E-state index contributed by atoms with van der Waals surface area (Å²) in [6, 6.07) is 5.92. The molecule has 4 nitrogen and oxygen atoms in total. The number of Topliss-reactive ketones (excluding diaryl/α,β-unsaturated/α-hetero) is 1. The number of carbonyl (C=O) groups excluding carboxylic acids is 2. The number of benzene rings is 1. The van der Waals surface area contributed by atoms with Crippen LogP contribution in [-0.4, -0.2) is 22.1 Å². The number of amides is 1. The topological polar surface area (TPSA) is 72.5 Å². The Bertz CT molecular complexity index is 616. The number of aryl methyl sites for hydroxylation is 2. The van der Waals surface area contributed by atoms with Crippen LogP contribution in [0.25, 0.3) is 0 Å². The molecule has 1 aromatic carbocycles. The number of nitrogens with zero attached hydrogens (tertiary/aromatic N) is 1. The van der Waals surface area contributed by atoms with Crippen LogP contribution in [0, 0.1) is 0 Å². The van der Waals surface area contributed by atoms with E-state index in [1.165, 1.54) is 35.7 Å². The largest absolute Gasteiger partial charge is 0.378 e. The molecule has 1 amide bonds. The molecule has 1 aliphatic carbocycles. The zero-order valence-corrected chi connectivity index (χ0v) is 13.1. The Morgan fingerprint density at radius 2 is 2.00 bits per heavy atom. The summed E-state index contributed by atoms with van der Waals surface area (Å²) in [5, 5.41) is -0.184. The van der Waals surface area contributed by atoms with E-state index in [0.717, 1.165) is 12.8 Å². The molecule has 0 bridgehead atoms. The number of halogens is 1. The van der Waals surface area contributed by atoms with Gasteiger partial charge in [-0.25, -0.2) is 0 Å². The molecule has 21 heavy (non-hydrogen) atoms. The van der Waals surface area contributed by atoms with E-state index in [1.807, 2.05) is 12.1 Å². The van der Waals surface area contributed by atoms with Crippen molar-refractivity contribution < 1.29 is 9.59 Å². The third-order valence-corrected chi connectivity index (χ3v) is 4.79. The van der Waals surface area contributed by atoms with Crippen LogP contribution >= 0.6 is 24.2 Å². The van der Waals surface area contributed by atoms with Gasteiger partial charge in [-0.05, 0) is 42.9 Å². The molecule has 1 aliphatic heterocycles. The normalized spacial score (nSPS) is 20.5. The zero-order chi connectivity index (χ0) is 14.1. The van der Waals surface area contributed by atoms with Gasteiger partial charge in [0.1, 0.15) is 5.25 Å². The summed E-state index contributed by atoms with van der Waals surface area (Å²) in [4.78, 5) is 27.5. The predicted molar refractivity (Wildman–Crippen MR) is 87.3 cm³/mol. The van der Waals surface area contributed by atoms with Crippen LogP contribution in [0.3, 0.4) is 0 Å². The van der Waals surface area contributed by atoms with Crippen LogP contribution in [0.5, 0.6) is 0 Å². The van der Waals surface area contributed by atoms with Crippen molar-refractivity contribution in [3.63, 3.8) is 0 Å². The number of thioether (sulfide) groups is 1. The number of rotatable bonds is 3. The molecule has 0 radical (unpaired) electrons. The Labute approximate surface area is 134 Å². The van der Waals surface area contributed by atoms with Gasteiger partial charge in [-0.1, -0.05) is 23.9 Å². The zero-order valence-electron chi connectivity index (χ0n) is 11.5. The van der Waals surface area contributed by atoms with E-state index in [9.17, 15) is 9.59 Å². The minimum absolute atomic E-state index is 0. The maximum Gasteiger partial charge on any atom is 0.262 e. The lowest BCUT2D eigenvalue weighted by atomic mass is 9.89. The lowest BCUT2D eigenvalue weighted by Gasteiger charge is -2.16. The maximum atomic E-state index is 12.3. The fourth-order valence-corrected chi connectivity index (χ4v) is 3.55. The molecule has 1 atom stereocenters. The first-order valence-corrected chi connectivity index (χ1v) is 7.71. The molecule has 1 aromatic rings. The van der Waals surface area contributed by atoms with Crippen molar-refractivity contribution in [2.24, 2.45) is 10.7 Å². The predicted octanol–water partition coefficient (Wildman–Crippen LogP) is 2.52. The molecular formula is C15H17ClN2O2S. The number of nitrogens with two attached hydrogens (primary N) is 1. The number of ketones is 1. The summed E-state index contributed by atoms with van der Waals surface area (Å²) < 4.78 is 0. The molecule has 112 valence electrons. The van der Waals surface area contributed by atoms with E-state index in [4.69, 9.17) is 5.73 Å². The first kappa shape index (κ1) is 16.0. The van der Waals surface area contributed by atoms with Crippen molar-refractivity contribution in [2.45, 2.75) is 37.4 Å². The standard InChI is InChI=1S/C15H16N2O2S.ClH/c16-15-17-14(19)13(20-15)8-12(18)11-6-5-9-3-1-2-4-10(9)7-11;/h5-7,13H,1-4,8H2,(H2,16,17,19);1H. The van der Waals surface area contributed by atoms with Gasteiger partial charge in [-0.2, -0.15) is 4.99 Å². The van der Waals surface area contributed by atoms with E-state index < -0.39 is 5.25 Å². The van der Waals surface area contributed by atoms with E-state index in [2.05, 4.69) is 11.1 Å². The Morgan fingerprint density at radius 1 is 1.29 bits per heavy atom. The molecule has 2 N–H and O–H groups in total. The third kappa shape index (κ3) is 3.47. The molecule has 2 aliphatic rings. The minimum atomic E-state index is -0.446. The molecule has 1 unspecified atom stereocenters. The van der Waals surface area contributed by atoms with Crippen molar-refractivity contribution in [3.8, 4) is 0 Å². The van der Waals surface area contributed by atoms with Crippen LogP contribution in [-0.2, 0) is 17.6 Å². The van der Waals surface area contributed by atoms with Crippen molar-refractivity contribution in [1.82, 2.24) is 0 Å². The fraction of sp³-hybridized carbons (Fsp3) is 0.400. The number of fused-ring (bicyclic) bond motifs is 1. The molecule has 6 heteroatoms. The first-order chi connectivity index (χ1) is 9.63. The second-order valence-electron chi connectivity index (χ2n) is 5.21. The molecule has 0 saturated carbocycles. The Hall–Kier alpha value is -1.33. The molecule has 1 heterocycles. The van der Waals surface area contributed by atoms with Crippen molar-refractivity contribution >= 4 is 41.0 Å². The van der Waals surface area contributed by atoms with Gasteiger partial charge in [0.05, 0.1) is 0 Å². The number of hydrogen-bond acceptors (Lipinski definition) is 4. The quantitative estimate of drug-likeness (QED) is 0.867. The highest BCUT2D eigenvalue weighted by Crippen LogP contribution is 2.26. The van der Waals surface area contributed by atoms with E-state index in [1.54, 1.807) is 0 Å². The van der Waals surface area contributed by atoms with Gasteiger partial charge in [-0.15, -0.1) is 12.4 Å². The second-order valence-corrected chi connectivity index (χ2v) is 6.44. The molecular weight excluding hydrogens is 308 g/mol. The molecule has 0 saturated heterocycles. The summed E-state index contributed by atoms with van der Waals surface area (Å²) in [6.07, 6.45) is 4.73. The van der Waals surface area contributed by atoms with Crippen molar-refractivity contribution in [1.29, 1.82) is 0 Å². The SMILES string of the molecule is Cl.NC1=NC(=O)C(CC(=O)c2ccc3c(c2)CCCC3)S1. The Morgan fingerprint density at radius 3 is 2.67 bits per heavy atom. The maximum absolute atomic E-state index is 12.3. The summed E-state index contributed by atoms with van der Waals surface area (Å²) in [7, 11) is 0. The lowest BCUT2D eigenvalue weighted by molar-refractivity contribution is -0.117. The van der Waals surface area contributed by atoms with Gasteiger partial charge < -0.3 is 5.73 Å². The average molecular weight is 325 g/mol. The van der Waals surface area contributed by atoms with Crippen molar-refractivity contribution in [3.05, 3.63) is 34.9 Å². The van der Waals surface area contributed by atoms with Crippen LogP contribution in [0.15, 0.2) is 23.2 Å². The molecule has 0 aromatic heterocycles. The Balaban J connectivity index is 0.00000161. The first-order valence-electron chi connectivity index (χ1n) is 6.83. The van der Waals surface area contributed by atoms with Gasteiger partial charge in [-0.3, -0.25) is 9.59 Å². The third-order valence-electron chi connectivity index (χ3n) is 3.80. The number of carbonyl (C=O) groups is 2. The lowest BCUT2D eigenvalue weighted by Crippen LogP contribution is -2.17. The molecule has 0 fully saturated rings. The van der Waals surface area contributed by atoms with Gasteiger partial charge in [0.25, 0.3) is 5.91 Å². The van der Waals surface area contributed by atoms with Crippen LogP contribution in [0.2, 0.25) is 0 Å². The van der Waals surface area contributed by atoms with Gasteiger partial charge in [0.15, 0.2) is 11.0 Å². The highest BCUT2D eigenvalue weighted by molar-refractivity contribution is 8.15. The summed E-state index contributed by atoms with van der Waals surface area (Å²) in [5.74, 6) is -0.298. The van der Waals surface area contributed by atoms with E-state index in [0.29, 0.717) is 5.56 Å². The number of hydrogen-bond donors (Lipinski definition) is 1. The van der Waals surface area contributed by atoms with Crippen LogP contribution in [0.4, 0.5) is 0 Å².